The van der Waals surface area contributed by atoms with Gasteiger partial charge in [0.25, 0.3) is 0 Å². The number of benzene rings is 1. The molecule has 3 aromatic rings. The van der Waals surface area contributed by atoms with Crippen molar-refractivity contribution in [3.05, 3.63) is 51.4 Å². The van der Waals surface area contributed by atoms with E-state index in [1.165, 1.54) is 4.57 Å². The zero-order chi connectivity index (χ0) is 23.6. The Balaban J connectivity index is 1.83. The largest absolute Gasteiger partial charge is 0.394 e. The first-order valence-corrected chi connectivity index (χ1v) is 11.1. The monoisotopic (exact) mass is 474 g/mol. The van der Waals surface area contributed by atoms with Crippen molar-refractivity contribution < 1.29 is 14.9 Å². The molecule has 1 aromatic carbocycles. The maximum absolute atomic E-state index is 13.1. The molecule has 0 amide bonds. The lowest BCUT2D eigenvalue weighted by Crippen LogP contribution is -2.45. The molecule has 33 heavy (non-hydrogen) atoms. The Bertz CT molecular complexity index is 1170. The molecule has 1 atom stereocenters. The quantitative estimate of drug-likeness (QED) is 0.464. The van der Waals surface area contributed by atoms with Crippen molar-refractivity contribution in [1.82, 2.24) is 19.7 Å². The van der Waals surface area contributed by atoms with E-state index in [0.717, 1.165) is 5.56 Å². The van der Waals surface area contributed by atoms with Crippen LogP contribution in [0.2, 0.25) is 5.02 Å². The van der Waals surface area contributed by atoms with Crippen LogP contribution in [0.3, 0.4) is 0 Å². The summed E-state index contributed by atoms with van der Waals surface area (Å²) in [6, 6.07) is 8.28. The molecule has 10 nitrogen and oxygen atoms in total. The number of nitrogens with zero attached hydrogens (tertiary/aromatic N) is 5. The van der Waals surface area contributed by atoms with Gasteiger partial charge in [0.1, 0.15) is 0 Å². The second-order valence-electron chi connectivity index (χ2n) is 8.52. The number of aliphatic hydroxyl groups excluding tert-OH is 1. The van der Waals surface area contributed by atoms with Crippen LogP contribution in [0.4, 0.5) is 11.6 Å². The van der Waals surface area contributed by atoms with Gasteiger partial charge in [-0.15, -0.1) is 10.2 Å². The number of aliphatic hydroxyl groups is 2. The maximum atomic E-state index is 13.1. The van der Waals surface area contributed by atoms with Crippen molar-refractivity contribution >= 4 is 34.3 Å². The Morgan fingerprint density at radius 1 is 1.21 bits per heavy atom. The van der Waals surface area contributed by atoms with Gasteiger partial charge in [-0.05, 0) is 31.5 Å². The van der Waals surface area contributed by atoms with Crippen LogP contribution < -0.4 is 15.9 Å². The van der Waals surface area contributed by atoms with Gasteiger partial charge < -0.3 is 25.2 Å². The smallest absolute Gasteiger partial charge is 0.350 e. The van der Waals surface area contributed by atoms with Crippen molar-refractivity contribution in [1.29, 1.82) is 0 Å². The molecule has 1 fully saturated rings. The topological polar surface area (TPSA) is 126 Å². The number of anilines is 2. The van der Waals surface area contributed by atoms with Crippen LogP contribution in [-0.4, -0.2) is 74.5 Å². The molecule has 4 rings (SSSR count). The third-order valence-electron chi connectivity index (χ3n) is 5.65. The van der Waals surface area contributed by atoms with E-state index in [9.17, 15) is 15.0 Å². The van der Waals surface area contributed by atoms with E-state index >= 15 is 0 Å². The third-order valence-corrected chi connectivity index (χ3v) is 5.90. The summed E-state index contributed by atoms with van der Waals surface area (Å²) in [7, 11) is 0. The summed E-state index contributed by atoms with van der Waals surface area (Å²) in [6.07, 6.45) is 0. The lowest BCUT2D eigenvalue weighted by molar-refractivity contribution is 0.0379. The van der Waals surface area contributed by atoms with Crippen molar-refractivity contribution in [3.8, 4) is 0 Å². The molecule has 0 spiro atoms. The van der Waals surface area contributed by atoms with Gasteiger partial charge in [-0.1, -0.05) is 23.7 Å². The number of rotatable bonds is 7. The molecule has 0 radical (unpaired) electrons. The van der Waals surface area contributed by atoms with Crippen LogP contribution >= 0.6 is 11.6 Å². The highest BCUT2D eigenvalue weighted by Gasteiger charge is 2.28. The number of halogens is 1. The van der Waals surface area contributed by atoms with E-state index in [2.05, 4.69) is 20.5 Å². The van der Waals surface area contributed by atoms with Gasteiger partial charge in [0, 0.05) is 24.2 Å². The van der Waals surface area contributed by atoms with Crippen molar-refractivity contribution in [3.63, 3.8) is 0 Å². The molecule has 2 aromatic heterocycles. The Hall–Kier alpha value is -2.79. The number of fused-ring (bicyclic) bond motifs is 1. The second-order valence-corrected chi connectivity index (χ2v) is 8.96. The van der Waals surface area contributed by atoms with E-state index in [4.69, 9.17) is 16.3 Å². The fourth-order valence-corrected chi connectivity index (χ4v) is 3.77. The second kappa shape index (κ2) is 9.60. The SMILES string of the molecule is CC(C)(O)C(CO)Nc1nc(=O)n(Cc2ccc(Cl)cc2)c2cc(N3CCOCC3)nnc12. The van der Waals surface area contributed by atoms with E-state index in [-0.39, 0.29) is 19.0 Å². The molecular weight excluding hydrogens is 448 g/mol. The van der Waals surface area contributed by atoms with Gasteiger partial charge >= 0.3 is 5.69 Å². The number of nitrogens with one attached hydrogen (secondary N) is 1. The van der Waals surface area contributed by atoms with Gasteiger partial charge in [-0.3, -0.25) is 4.57 Å². The molecule has 1 unspecified atom stereocenters. The van der Waals surface area contributed by atoms with Crippen LogP contribution in [-0.2, 0) is 11.3 Å². The normalized spacial score (nSPS) is 15.6. The predicted molar refractivity (Wildman–Crippen MR) is 126 cm³/mol. The molecule has 176 valence electrons. The zero-order valence-corrected chi connectivity index (χ0v) is 19.3. The Morgan fingerprint density at radius 2 is 1.91 bits per heavy atom. The van der Waals surface area contributed by atoms with Crippen molar-refractivity contribution in [2.24, 2.45) is 0 Å². The van der Waals surface area contributed by atoms with Gasteiger partial charge in [0.15, 0.2) is 17.2 Å². The lowest BCUT2D eigenvalue weighted by atomic mass is 10.00. The highest BCUT2D eigenvalue weighted by atomic mass is 35.5. The van der Waals surface area contributed by atoms with Gasteiger partial charge in [0.05, 0.1) is 43.5 Å². The average molecular weight is 475 g/mol. The third kappa shape index (κ3) is 5.25. The molecule has 1 saturated heterocycles. The minimum atomic E-state index is -1.26. The van der Waals surface area contributed by atoms with Gasteiger partial charge in [-0.2, -0.15) is 4.98 Å². The van der Waals surface area contributed by atoms with Crippen LogP contribution in [0.15, 0.2) is 35.1 Å². The Morgan fingerprint density at radius 3 is 2.55 bits per heavy atom. The summed E-state index contributed by atoms with van der Waals surface area (Å²) in [4.78, 5) is 19.3. The van der Waals surface area contributed by atoms with E-state index in [1.54, 1.807) is 26.0 Å². The standard InChI is InChI=1S/C22H27ClN6O4/c1-22(2,32)17(13-30)24-20-19-16(11-18(26-27-19)28-7-9-33-10-8-28)29(21(31)25-20)12-14-3-5-15(23)6-4-14/h3-6,11,17,30,32H,7-10,12-13H2,1-2H3,(H,24,25,31). The summed E-state index contributed by atoms with van der Waals surface area (Å²) < 4.78 is 6.95. The molecule has 0 bridgehead atoms. The fraction of sp³-hybridized carbons (Fsp3) is 0.455. The summed E-state index contributed by atoms with van der Waals surface area (Å²) in [5.41, 5.74) is 0.0231. The minimum Gasteiger partial charge on any atom is -0.394 e. The Labute approximate surface area is 195 Å². The first kappa shape index (κ1) is 23.4. The maximum Gasteiger partial charge on any atom is 0.350 e. The van der Waals surface area contributed by atoms with E-state index in [1.807, 2.05) is 23.1 Å². The number of ether oxygens (including phenoxy) is 1. The van der Waals surface area contributed by atoms with Gasteiger partial charge in [0.2, 0.25) is 0 Å². The summed E-state index contributed by atoms with van der Waals surface area (Å²) >= 11 is 6.00. The number of hydrogen-bond acceptors (Lipinski definition) is 9. The first-order chi connectivity index (χ1) is 15.8. The van der Waals surface area contributed by atoms with Crippen LogP contribution in [0.25, 0.3) is 11.0 Å². The van der Waals surface area contributed by atoms with E-state index in [0.29, 0.717) is 48.2 Å². The molecule has 1 aliphatic rings. The molecule has 3 N–H and O–H groups in total. The number of hydrogen-bond donors (Lipinski definition) is 3. The highest BCUT2D eigenvalue weighted by Crippen LogP contribution is 2.24. The van der Waals surface area contributed by atoms with Crippen molar-refractivity contribution in [2.75, 3.05) is 43.1 Å². The van der Waals surface area contributed by atoms with Crippen LogP contribution in [0.1, 0.15) is 19.4 Å². The number of aromatic nitrogens is 4. The number of morpholine rings is 1. The first-order valence-electron chi connectivity index (χ1n) is 10.7. The lowest BCUT2D eigenvalue weighted by Gasteiger charge is -2.29. The molecule has 3 heterocycles. The predicted octanol–water partition coefficient (Wildman–Crippen LogP) is 1.27. The summed E-state index contributed by atoms with van der Waals surface area (Å²) in [6.45, 7) is 5.55. The van der Waals surface area contributed by atoms with Crippen LogP contribution in [0.5, 0.6) is 0 Å². The highest BCUT2D eigenvalue weighted by molar-refractivity contribution is 6.30. The molecule has 0 saturated carbocycles. The summed E-state index contributed by atoms with van der Waals surface area (Å²) in [5, 5.41) is 32.4. The van der Waals surface area contributed by atoms with Gasteiger partial charge in [-0.25, -0.2) is 4.79 Å². The fourth-order valence-electron chi connectivity index (χ4n) is 3.64. The molecule has 1 aliphatic heterocycles. The molecule has 11 heteroatoms. The molecule has 0 aliphatic carbocycles. The Kier molecular flexibility index (Phi) is 6.80. The molecular formula is C22H27ClN6O4. The minimum absolute atomic E-state index is 0.157. The summed E-state index contributed by atoms with van der Waals surface area (Å²) in [5.74, 6) is 0.790. The van der Waals surface area contributed by atoms with Crippen LogP contribution in [0, 0.1) is 0 Å². The van der Waals surface area contributed by atoms with E-state index < -0.39 is 17.3 Å². The zero-order valence-electron chi connectivity index (χ0n) is 18.5. The van der Waals surface area contributed by atoms with Crippen molar-refractivity contribution in [2.45, 2.75) is 32.0 Å². The average Bonchev–Trinajstić information content (AvgIpc) is 2.80.